The zero-order valence-electron chi connectivity index (χ0n) is 21.1. The molecule has 4 aromatic rings. The van der Waals surface area contributed by atoms with Gasteiger partial charge in [0.2, 0.25) is 0 Å². The van der Waals surface area contributed by atoms with Crippen molar-refractivity contribution in [3.05, 3.63) is 86.2 Å². The van der Waals surface area contributed by atoms with E-state index < -0.39 is 23.7 Å². The van der Waals surface area contributed by atoms with Crippen molar-refractivity contribution in [3.8, 4) is 17.2 Å². The standard InChI is InChI=1S/C23H22N6O5S.C2H4O2/c1-33-16-8-5-13(11-17(16)34-2)18(26-14-6-3-12(4-7-14)20(24)25)21-27-23(32)29(28-21)15-9-10-35-19(15)22(30)31;1-2(3)4/h3-11,18,26H,1-2H3,(H3,24,25)(H,30,31)(H,27,28,32);1H3,(H,3,4)/t18-;/m0./s1. The van der Waals surface area contributed by atoms with Gasteiger partial charge in [-0.25, -0.2) is 9.59 Å². The van der Waals surface area contributed by atoms with Gasteiger partial charge < -0.3 is 30.7 Å². The fourth-order valence-corrected chi connectivity index (χ4v) is 4.23. The first-order valence-electron chi connectivity index (χ1n) is 11.2. The van der Waals surface area contributed by atoms with E-state index in [0.717, 1.165) is 22.9 Å². The number of carbonyl (C=O) groups is 2. The molecule has 0 spiro atoms. The Hall–Kier alpha value is -5.11. The van der Waals surface area contributed by atoms with E-state index in [9.17, 15) is 14.7 Å². The summed E-state index contributed by atoms with van der Waals surface area (Å²) in [6, 6.07) is 13.1. The molecule has 14 heteroatoms. The van der Waals surface area contributed by atoms with Crippen molar-refractivity contribution in [1.82, 2.24) is 14.8 Å². The number of nitrogens with two attached hydrogens (primary N) is 1. The zero-order chi connectivity index (χ0) is 28.7. The molecule has 39 heavy (non-hydrogen) atoms. The number of H-pyrrole nitrogens is 1. The van der Waals surface area contributed by atoms with E-state index in [-0.39, 0.29) is 22.2 Å². The lowest BCUT2D eigenvalue weighted by Crippen LogP contribution is -2.17. The molecule has 13 nitrogen and oxygen atoms in total. The summed E-state index contributed by atoms with van der Waals surface area (Å²) in [4.78, 5) is 36.1. The van der Waals surface area contributed by atoms with Crippen molar-refractivity contribution in [1.29, 1.82) is 5.41 Å². The SMILES string of the molecule is CC(=O)O.COc1ccc([C@H](Nc2ccc(C(=N)N)cc2)c2nn(-c3ccsc3C(=O)O)c(=O)[nH]2)cc1OC. The van der Waals surface area contributed by atoms with Crippen molar-refractivity contribution < 1.29 is 29.3 Å². The number of aromatic nitrogens is 3. The van der Waals surface area contributed by atoms with Gasteiger partial charge in [-0.1, -0.05) is 6.07 Å². The average Bonchev–Trinajstić information content (AvgIpc) is 3.53. The van der Waals surface area contributed by atoms with Crippen LogP contribution in [0.5, 0.6) is 11.5 Å². The van der Waals surface area contributed by atoms with Crippen LogP contribution in [0, 0.1) is 5.41 Å². The number of carboxylic acids is 2. The number of aromatic amines is 1. The fourth-order valence-electron chi connectivity index (χ4n) is 3.52. The van der Waals surface area contributed by atoms with E-state index in [0.29, 0.717) is 28.3 Å². The lowest BCUT2D eigenvalue weighted by molar-refractivity contribution is -0.134. The van der Waals surface area contributed by atoms with Crippen LogP contribution in [0.4, 0.5) is 5.69 Å². The lowest BCUT2D eigenvalue weighted by atomic mass is 10.0. The summed E-state index contributed by atoms with van der Waals surface area (Å²) in [6.07, 6.45) is 0. The molecule has 4 rings (SSSR count). The number of methoxy groups -OCH3 is 2. The smallest absolute Gasteiger partial charge is 0.348 e. The average molecular weight is 555 g/mol. The van der Waals surface area contributed by atoms with E-state index in [4.69, 9.17) is 30.5 Å². The summed E-state index contributed by atoms with van der Waals surface area (Å²) in [5, 5.41) is 33.8. The molecule has 7 N–H and O–H groups in total. The van der Waals surface area contributed by atoms with Crippen LogP contribution in [-0.2, 0) is 4.79 Å². The number of nitrogens with one attached hydrogen (secondary N) is 3. The van der Waals surface area contributed by atoms with Gasteiger partial charge in [-0.05, 0) is 53.4 Å². The van der Waals surface area contributed by atoms with Crippen LogP contribution < -0.4 is 26.2 Å². The number of hydrogen-bond donors (Lipinski definition) is 6. The third-order valence-corrected chi connectivity index (χ3v) is 6.11. The highest BCUT2D eigenvalue weighted by Gasteiger charge is 2.24. The molecule has 0 aliphatic rings. The third-order valence-electron chi connectivity index (χ3n) is 5.22. The molecule has 204 valence electrons. The van der Waals surface area contributed by atoms with E-state index in [2.05, 4.69) is 15.4 Å². The monoisotopic (exact) mass is 554 g/mol. The topological polar surface area (TPSA) is 206 Å². The molecule has 0 saturated carbocycles. The Morgan fingerprint density at radius 1 is 1.10 bits per heavy atom. The Bertz CT molecular complexity index is 1540. The number of aliphatic carboxylic acids is 1. The number of ether oxygens (including phenoxy) is 2. The Kier molecular flexibility index (Phi) is 9.07. The molecular formula is C25H26N6O7S. The van der Waals surface area contributed by atoms with Crippen LogP contribution in [0.3, 0.4) is 0 Å². The highest BCUT2D eigenvalue weighted by atomic mass is 32.1. The molecule has 0 radical (unpaired) electrons. The van der Waals surface area contributed by atoms with Gasteiger partial charge in [0.15, 0.2) is 17.3 Å². The molecule has 2 heterocycles. The molecule has 0 aliphatic heterocycles. The molecule has 0 unspecified atom stereocenters. The summed E-state index contributed by atoms with van der Waals surface area (Å²) in [5.41, 5.74) is 7.07. The predicted molar refractivity (Wildman–Crippen MR) is 145 cm³/mol. The van der Waals surface area contributed by atoms with Crippen LogP contribution in [0.2, 0.25) is 0 Å². The molecule has 2 aromatic carbocycles. The number of rotatable bonds is 9. The number of amidine groups is 1. The largest absolute Gasteiger partial charge is 0.493 e. The number of nitrogen functional groups attached to an aromatic ring is 1. The maximum absolute atomic E-state index is 12.8. The zero-order valence-corrected chi connectivity index (χ0v) is 21.9. The van der Waals surface area contributed by atoms with Gasteiger partial charge in [0.05, 0.1) is 19.9 Å². The second-order valence-corrected chi connectivity index (χ2v) is 8.79. The van der Waals surface area contributed by atoms with Gasteiger partial charge in [-0.15, -0.1) is 16.4 Å². The van der Waals surface area contributed by atoms with Crippen molar-refractivity contribution in [3.63, 3.8) is 0 Å². The first-order chi connectivity index (χ1) is 18.5. The molecule has 1 atom stereocenters. The normalized spacial score (nSPS) is 11.1. The minimum Gasteiger partial charge on any atom is -0.493 e. The first kappa shape index (κ1) is 28.5. The molecule has 0 aliphatic carbocycles. The molecule has 0 saturated heterocycles. The summed E-state index contributed by atoms with van der Waals surface area (Å²) in [6.45, 7) is 1.08. The molecular weight excluding hydrogens is 528 g/mol. The van der Waals surface area contributed by atoms with Gasteiger partial charge in [0.25, 0.3) is 5.97 Å². The number of carboxylic acid groups (broad SMARTS) is 2. The van der Waals surface area contributed by atoms with E-state index in [1.54, 1.807) is 47.8 Å². The molecule has 0 amide bonds. The first-order valence-corrected chi connectivity index (χ1v) is 12.1. The van der Waals surface area contributed by atoms with Crippen molar-refractivity contribution >= 4 is 34.8 Å². The predicted octanol–water partition coefficient (Wildman–Crippen LogP) is 2.91. The van der Waals surface area contributed by atoms with Crippen molar-refractivity contribution in [2.45, 2.75) is 13.0 Å². The van der Waals surface area contributed by atoms with Gasteiger partial charge in [-0.3, -0.25) is 15.2 Å². The van der Waals surface area contributed by atoms with Crippen LogP contribution in [-0.4, -0.2) is 57.0 Å². The third kappa shape index (κ3) is 6.81. The number of anilines is 1. The minimum absolute atomic E-state index is 0.000553. The van der Waals surface area contributed by atoms with Gasteiger partial charge in [-0.2, -0.15) is 4.68 Å². The molecule has 0 bridgehead atoms. The van der Waals surface area contributed by atoms with Crippen molar-refractivity contribution in [2.24, 2.45) is 5.73 Å². The van der Waals surface area contributed by atoms with Crippen LogP contribution >= 0.6 is 11.3 Å². The summed E-state index contributed by atoms with van der Waals surface area (Å²) in [5.74, 6) is -0.770. The van der Waals surface area contributed by atoms with E-state index >= 15 is 0 Å². The maximum atomic E-state index is 12.8. The lowest BCUT2D eigenvalue weighted by Gasteiger charge is -2.20. The van der Waals surface area contributed by atoms with Crippen LogP contribution in [0.25, 0.3) is 5.69 Å². The molecule has 0 fully saturated rings. The Morgan fingerprint density at radius 3 is 2.31 bits per heavy atom. The fraction of sp³-hybridized carbons (Fsp3) is 0.160. The Labute approximate surface area is 226 Å². The van der Waals surface area contributed by atoms with Gasteiger partial charge in [0.1, 0.15) is 16.8 Å². The Balaban J connectivity index is 0.000000983. The molecule has 2 aromatic heterocycles. The Morgan fingerprint density at radius 2 is 1.74 bits per heavy atom. The van der Waals surface area contributed by atoms with Gasteiger partial charge in [0, 0.05) is 18.2 Å². The highest BCUT2D eigenvalue weighted by molar-refractivity contribution is 7.12. The second kappa shape index (κ2) is 12.4. The quantitative estimate of drug-likeness (QED) is 0.132. The number of thiophene rings is 1. The number of aromatic carboxylic acids is 1. The van der Waals surface area contributed by atoms with E-state index in [1.165, 1.54) is 20.3 Å². The summed E-state index contributed by atoms with van der Waals surface area (Å²) in [7, 11) is 3.05. The number of nitrogens with zero attached hydrogens (tertiary/aromatic N) is 2. The summed E-state index contributed by atoms with van der Waals surface area (Å²) >= 11 is 1.00. The van der Waals surface area contributed by atoms with Crippen molar-refractivity contribution in [2.75, 3.05) is 19.5 Å². The van der Waals surface area contributed by atoms with Crippen LogP contribution in [0.15, 0.2) is 58.7 Å². The summed E-state index contributed by atoms with van der Waals surface area (Å²) < 4.78 is 11.8. The maximum Gasteiger partial charge on any atom is 0.348 e. The number of hydrogen-bond acceptors (Lipinski definition) is 9. The minimum atomic E-state index is -1.15. The van der Waals surface area contributed by atoms with E-state index in [1.807, 2.05) is 0 Å². The number of benzene rings is 2. The van der Waals surface area contributed by atoms with Gasteiger partial charge >= 0.3 is 11.7 Å². The highest BCUT2D eigenvalue weighted by Crippen LogP contribution is 2.33. The van der Waals surface area contributed by atoms with Crippen LogP contribution in [0.1, 0.15) is 39.6 Å². The second-order valence-electron chi connectivity index (χ2n) is 7.87.